The van der Waals surface area contributed by atoms with Crippen molar-refractivity contribution in [1.29, 1.82) is 0 Å². The Morgan fingerprint density at radius 1 is 1.30 bits per heavy atom. The van der Waals surface area contributed by atoms with E-state index in [1.165, 1.54) is 12.8 Å². The Balaban J connectivity index is 1.92. The van der Waals surface area contributed by atoms with Crippen LogP contribution in [0.5, 0.6) is 0 Å². The van der Waals surface area contributed by atoms with Crippen LogP contribution in [0.25, 0.3) is 0 Å². The van der Waals surface area contributed by atoms with Crippen LogP contribution in [0.4, 0.5) is 11.6 Å². The van der Waals surface area contributed by atoms with E-state index in [1.807, 2.05) is 6.92 Å². The zero-order chi connectivity index (χ0) is 14.5. The van der Waals surface area contributed by atoms with Crippen molar-refractivity contribution in [2.45, 2.75) is 39.5 Å². The lowest BCUT2D eigenvalue weighted by Gasteiger charge is -2.15. The molecule has 1 fully saturated rings. The number of nitrogen functional groups attached to an aromatic ring is 1. The van der Waals surface area contributed by atoms with Crippen LogP contribution < -0.4 is 16.6 Å². The predicted octanol–water partition coefficient (Wildman–Crippen LogP) is 2.03. The Hall–Kier alpha value is -1.40. The quantitative estimate of drug-likeness (QED) is 0.383. The molecule has 0 radical (unpaired) electrons. The molecule has 2 rings (SSSR count). The number of ether oxygens (including phenoxy) is 1. The van der Waals surface area contributed by atoms with Crippen LogP contribution in [0, 0.1) is 12.8 Å². The zero-order valence-electron chi connectivity index (χ0n) is 12.6. The van der Waals surface area contributed by atoms with Gasteiger partial charge < -0.3 is 15.5 Å². The van der Waals surface area contributed by atoms with Gasteiger partial charge in [0.05, 0.1) is 6.61 Å². The standard InChI is InChI=1S/C14H25N5O/c1-9(2)12-17-13(10(3)14(18-12)19-15)16-6-7-20-8-11-4-5-11/h9,11H,4-8,15H2,1-3H3,(H2,16,17,18,19). The molecule has 20 heavy (non-hydrogen) atoms. The van der Waals surface area contributed by atoms with Crippen molar-refractivity contribution in [2.24, 2.45) is 11.8 Å². The summed E-state index contributed by atoms with van der Waals surface area (Å²) in [6.45, 7) is 8.40. The number of anilines is 2. The number of rotatable bonds is 8. The summed E-state index contributed by atoms with van der Waals surface area (Å²) in [5.41, 5.74) is 3.56. The Morgan fingerprint density at radius 2 is 2.00 bits per heavy atom. The van der Waals surface area contributed by atoms with E-state index in [9.17, 15) is 0 Å². The monoisotopic (exact) mass is 279 g/mol. The Labute approximate surface area is 120 Å². The van der Waals surface area contributed by atoms with Gasteiger partial charge >= 0.3 is 0 Å². The maximum atomic E-state index is 5.61. The second kappa shape index (κ2) is 6.85. The van der Waals surface area contributed by atoms with Crippen molar-refractivity contribution in [3.8, 4) is 0 Å². The van der Waals surface area contributed by atoms with E-state index in [1.54, 1.807) is 0 Å². The highest BCUT2D eigenvalue weighted by atomic mass is 16.5. The van der Waals surface area contributed by atoms with Crippen molar-refractivity contribution in [2.75, 3.05) is 30.5 Å². The summed E-state index contributed by atoms with van der Waals surface area (Å²) in [6.07, 6.45) is 2.64. The Morgan fingerprint density at radius 3 is 2.60 bits per heavy atom. The van der Waals surface area contributed by atoms with Gasteiger partial charge in [-0.3, -0.25) is 0 Å². The van der Waals surface area contributed by atoms with E-state index in [4.69, 9.17) is 10.6 Å². The molecule has 0 unspecified atom stereocenters. The molecule has 0 bridgehead atoms. The molecule has 1 aliphatic carbocycles. The van der Waals surface area contributed by atoms with Crippen LogP contribution in [-0.4, -0.2) is 29.7 Å². The number of aromatic nitrogens is 2. The van der Waals surface area contributed by atoms with Gasteiger partial charge in [0.1, 0.15) is 17.5 Å². The van der Waals surface area contributed by atoms with Crippen LogP contribution in [0.15, 0.2) is 0 Å². The fourth-order valence-corrected chi connectivity index (χ4v) is 1.88. The van der Waals surface area contributed by atoms with Gasteiger partial charge in [-0.15, -0.1) is 0 Å². The minimum absolute atomic E-state index is 0.259. The van der Waals surface area contributed by atoms with Gasteiger partial charge in [0.25, 0.3) is 0 Å². The van der Waals surface area contributed by atoms with E-state index in [-0.39, 0.29) is 5.92 Å². The molecule has 0 amide bonds. The van der Waals surface area contributed by atoms with Crippen molar-refractivity contribution in [3.63, 3.8) is 0 Å². The van der Waals surface area contributed by atoms with Gasteiger partial charge in [-0.2, -0.15) is 0 Å². The molecule has 0 aliphatic heterocycles. The first-order valence-corrected chi connectivity index (χ1v) is 7.28. The normalized spacial score (nSPS) is 14.7. The van der Waals surface area contributed by atoms with Crippen molar-refractivity contribution < 1.29 is 4.74 Å². The number of hydrazine groups is 1. The van der Waals surface area contributed by atoms with Crippen LogP contribution in [0.1, 0.15) is 44.0 Å². The SMILES string of the molecule is Cc1c(NN)nc(C(C)C)nc1NCCOCC1CC1. The molecule has 4 N–H and O–H groups in total. The lowest BCUT2D eigenvalue weighted by molar-refractivity contribution is 0.134. The van der Waals surface area contributed by atoms with E-state index in [0.29, 0.717) is 12.4 Å². The molecule has 0 saturated heterocycles. The Bertz CT molecular complexity index is 445. The van der Waals surface area contributed by atoms with Gasteiger partial charge in [-0.1, -0.05) is 13.8 Å². The maximum absolute atomic E-state index is 5.61. The van der Waals surface area contributed by atoms with Crippen LogP contribution in [0.3, 0.4) is 0 Å². The van der Waals surface area contributed by atoms with E-state index >= 15 is 0 Å². The average Bonchev–Trinajstić information content (AvgIpc) is 3.24. The molecule has 0 atom stereocenters. The summed E-state index contributed by atoms with van der Waals surface area (Å²) in [6, 6.07) is 0. The van der Waals surface area contributed by atoms with Crippen molar-refractivity contribution in [3.05, 3.63) is 11.4 Å². The number of hydrogen-bond acceptors (Lipinski definition) is 6. The summed E-state index contributed by atoms with van der Waals surface area (Å²) in [4.78, 5) is 8.96. The summed E-state index contributed by atoms with van der Waals surface area (Å²) < 4.78 is 5.61. The maximum Gasteiger partial charge on any atom is 0.148 e. The minimum Gasteiger partial charge on any atom is -0.379 e. The number of nitrogens with one attached hydrogen (secondary N) is 2. The summed E-state index contributed by atoms with van der Waals surface area (Å²) >= 11 is 0. The molecule has 0 spiro atoms. The van der Waals surface area contributed by atoms with Gasteiger partial charge in [-0.25, -0.2) is 15.8 Å². The van der Waals surface area contributed by atoms with Crippen LogP contribution >= 0.6 is 0 Å². The highest BCUT2D eigenvalue weighted by Crippen LogP contribution is 2.28. The first-order valence-electron chi connectivity index (χ1n) is 7.28. The highest BCUT2D eigenvalue weighted by Gasteiger charge is 2.20. The fourth-order valence-electron chi connectivity index (χ4n) is 1.88. The third-order valence-electron chi connectivity index (χ3n) is 3.41. The molecule has 1 aliphatic rings. The molecular formula is C14H25N5O. The molecule has 6 heteroatoms. The predicted molar refractivity (Wildman–Crippen MR) is 80.7 cm³/mol. The van der Waals surface area contributed by atoms with Gasteiger partial charge in [0.15, 0.2) is 0 Å². The Kier molecular flexibility index (Phi) is 5.14. The molecule has 1 aromatic rings. The average molecular weight is 279 g/mol. The van der Waals surface area contributed by atoms with E-state index in [2.05, 4.69) is 34.6 Å². The first kappa shape index (κ1) is 15.0. The molecule has 1 saturated carbocycles. The van der Waals surface area contributed by atoms with Crippen molar-refractivity contribution >= 4 is 11.6 Å². The third kappa shape index (κ3) is 4.05. The molecule has 112 valence electrons. The molecule has 6 nitrogen and oxygen atoms in total. The van der Waals surface area contributed by atoms with Crippen LogP contribution in [-0.2, 0) is 4.74 Å². The number of hydrogen-bond donors (Lipinski definition) is 3. The molecule has 1 heterocycles. The van der Waals surface area contributed by atoms with E-state index < -0.39 is 0 Å². The summed E-state index contributed by atoms with van der Waals surface area (Å²) in [5, 5.41) is 3.31. The summed E-state index contributed by atoms with van der Waals surface area (Å²) in [5.74, 6) is 8.85. The van der Waals surface area contributed by atoms with Gasteiger partial charge in [-0.05, 0) is 25.7 Å². The van der Waals surface area contributed by atoms with Crippen LogP contribution in [0.2, 0.25) is 0 Å². The van der Waals surface area contributed by atoms with Crippen molar-refractivity contribution in [1.82, 2.24) is 9.97 Å². The first-order chi connectivity index (χ1) is 9.61. The van der Waals surface area contributed by atoms with Gasteiger partial charge in [0, 0.05) is 24.6 Å². The largest absolute Gasteiger partial charge is 0.379 e. The molecule has 0 aromatic carbocycles. The second-order valence-corrected chi connectivity index (χ2v) is 5.65. The molecular weight excluding hydrogens is 254 g/mol. The molecule has 1 aromatic heterocycles. The smallest absolute Gasteiger partial charge is 0.148 e. The van der Waals surface area contributed by atoms with Gasteiger partial charge in [0.2, 0.25) is 0 Å². The zero-order valence-corrected chi connectivity index (χ0v) is 12.6. The lowest BCUT2D eigenvalue weighted by atomic mass is 10.2. The number of nitrogens with two attached hydrogens (primary N) is 1. The second-order valence-electron chi connectivity index (χ2n) is 5.65. The number of nitrogens with zero attached hydrogens (tertiary/aromatic N) is 2. The fraction of sp³-hybridized carbons (Fsp3) is 0.714. The summed E-state index contributed by atoms with van der Waals surface area (Å²) in [7, 11) is 0. The third-order valence-corrected chi connectivity index (χ3v) is 3.41. The minimum atomic E-state index is 0.259. The highest BCUT2D eigenvalue weighted by molar-refractivity contribution is 5.56. The topological polar surface area (TPSA) is 85.1 Å². The van der Waals surface area contributed by atoms with E-state index in [0.717, 1.165) is 36.3 Å². The lowest BCUT2D eigenvalue weighted by Crippen LogP contribution is -2.17.